The van der Waals surface area contributed by atoms with Crippen molar-refractivity contribution in [2.75, 3.05) is 0 Å². The molecule has 0 aliphatic heterocycles. The summed E-state index contributed by atoms with van der Waals surface area (Å²) in [7, 11) is 0. The van der Waals surface area contributed by atoms with Gasteiger partial charge in [0.15, 0.2) is 0 Å². The van der Waals surface area contributed by atoms with Crippen LogP contribution >= 0.6 is 43.2 Å². The molecule has 1 aromatic heterocycles. The Hall–Kier alpha value is -0.160. The van der Waals surface area contributed by atoms with Gasteiger partial charge in [-0.15, -0.1) is 11.3 Å². The highest BCUT2D eigenvalue weighted by atomic mass is 79.9. The summed E-state index contributed by atoms with van der Waals surface area (Å²) in [5.74, 6) is 0. The highest BCUT2D eigenvalue weighted by Gasteiger charge is 2.00. The maximum Gasteiger partial charge on any atom is 0.0814 e. The van der Waals surface area contributed by atoms with Crippen LogP contribution in [0.15, 0.2) is 44.7 Å². The average molecular weight is 362 g/mol. The van der Waals surface area contributed by atoms with Crippen molar-refractivity contribution >= 4 is 43.2 Å². The van der Waals surface area contributed by atoms with Crippen LogP contribution in [0.1, 0.15) is 10.4 Å². The summed E-state index contributed by atoms with van der Waals surface area (Å²) in [6.07, 6.45) is 0. The summed E-state index contributed by atoms with van der Waals surface area (Å²) in [5, 5.41) is 2.07. The summed E-state index contributed by atoms with van der Waals surface area (Å²) in [4.78, 5) is 1.24. The van der Waals surface area contributed by atoms with Gasteiger partial charge in [-0.05, 0) is 33.6 Å². The van der Waals surface area contributed by atoms with Crippen molar-refractivity contribution in [1.82, 2.24) is 0 Å². The summed E-state index contributed by atoms with van der Waals surface area (Å²) in [5.41, 5.74) is 1.18. The maximum atomic E-state index is 5.66. The van der Waals surface area contributed by atoms with Gasteiger partial charge < -0.3 is 4.74 Å². The number of hydrogen-bond donors (Lipinski definition) is 0. The molecule has 0 aliphatic rings. The molecule has 4 heteroatoms. The van der Waals surface area contributed by atoms with Crippen molar-refractivity contribution < 1.29 is 4.74 Å². The van der Waals surface area contributed by atoms with E-state index in [0.717, 1.165) is 8.95 Å². The van der Waals surface area contributed by atoms with E-state index in [-0.39, 0.29) is 0 Å². The standard InChI is InChI=1S/C12H10Br2OS/c13-10-5-11(16-8-10)7-15-6-9-3-1-2-4-12(9)14/h1-5,8H,6-7H2. The van der Waals surface area contributed by atoms with E-state index in [9.17, 15) is 0 Å². The van der Waals surface area contributed by atoms with Gasteiger partial charge in [0.25, 0.3) is 0 Å². The third-order valence-electron chi connectivity index (χ3n) is 2.08. The minimum absolute atomic E-state index is 0.636. The largest absolute Gasteiger partial charge is 0.371 e. The number of benzene rings is 1. The van der Waals surface area contributed by atoms with Crippen molar-refractivity contribution in [1.29, 1.82) is 0 Å². The minimum atomic E-state index is 0.636. The fourth-order valence-corrected chi connectivity index (χ4v) is 3.09. The summed E-state index contributed by atoms with van der Waals surface area (Å²) in [6.45, 7) is 1.30. The van der Waals surface area contributed by atoms with E-state index in [1.165, 1.54) is 10.4 Å². The van der Waals surface area contributed by atoms with Crippen LogP contribution in [-0.2, 0) is 18.0 Å². The average Bonchev–Trinajstić information content (AvgIpc) is 2.67. The molecule has 0 amide bonds. The third kappa shape index (κ3) is 3.42. The Morgan fingerprint density at radius 3 is 2.62 bits per heavy atom. The minimum Gasteiger partial charge on any atom is -0.371 e. The van der Waals surface area contributed by atoms with Gasteiger partial charge in [0.1, 0.15) is 0 Å². The lowest BCUT2D eigenvalue weighted by Crippen LogP contribution is -1.93. The highest BCUT2D eigenvalue weighted by Crippen LogP contribution is 2.22. The van der Waals surface area contributed by atoms with E-state index >= 15 is 0 Å². The predicted octanol–water partition coefficient (Wildman–Crippen LogP) is 4.99. The normalized spacial score (nSPS) is 10.6. The van der Waals surface area contributed by atoms with Gasteiger partial charge in [-0.2, -0.15) is 0 Å². The van der Waals surface area contributed by atoms with E-state index in [4.69, 9.17) is 4.74 Å². The zero-order chi connectivity index (χ0) is 11.4. The smallest absolute Gasteiger partial charge is 0.0814 e. The molecule has 84 valence electrons. The fraction of sp³-hybridized carbons (Fsp3) is 0.167. The Morgan fingerprint density at radius 1 is 1.12 bits per heavy atom. The van der Waals surface area contributed by atoms with Crippen LogP contribution in [0.4, 0.5) is 0 Å². The second kappa shape index (κ2) is 5.96. The molecule has 0 N–H and O–H groups in total. The lowest BCUT2D eigenvalue weighted by molar-refractivity contribution is 0.109. The van der Waals surface area contributed by atoms with Crippen LogP contribution in [0, 0.1) is 0 Å². The quantitative estimate of drug-likeness (QED) is 0.745. The molecule has 2 rings (SSSR count). The molecule has 0 radical (unpaired) electrons. The molecule has 0 spiro atoms. The molecule has 1 aromatic carbocycles. The fourth-order valence-electron chi connectivity index (χ4n) is 1.31. The molecule has 0 bridgehead atoms. The molecule has 0 fully saturated rings. The Balaban J connectivity index is 1.87. The highest BCUT2D eigenvalue weighted by molar-refractivity contribution is 9.10. The Kier molecular flexibility index (Phi) is 4.58. The Labute approximate surface area is 116 Å². The molecule has 1 heterocycles. The predicted molar refractivity (Wildman–Crippen MR) is 74.7 cm³/mol. The van der Waals surface area contributed by atoms with Crippen molar-refractivity contribution in [2.24, 2.45) is 0 Å². The molecular weight excluding hydrogens is 352 g/mol. The first-order valence-electron chi connectivity index (χ1n) is 4.80. The second-order valence-electron chi connectivity index (χ2n) is 3.32. The number of rotatable bonds is 4. The van der Waals surface area contributed by atoms with Crippen LogP contribution in [0.2, 0.25) is 0 Å². The summed E-state index contributed by atoms with van der Waals surface area (Å²) < 4.78 is 7.88. The lowest BCUT2D eigenvalue weighted by atomic mass is 10.2. The van der Waals surface area contributed by atoms with Crippen molar-refractivity contribution in [2.45, 2.75) is 13.2 Å². The van der Waals surface area contributed by atoms with Gasteiger partial charge in [-0.1, -0.05) is 34.1 Å². The van der Waals surface area contributed by atoms with E-state index < -0.39 is 0 Å². The third-order valence-corrected chi connectivity index (χ3v) is 4.53. The summed E-state index contributed by atoms with van der Waals surface area (Å²) >= 11 is 8.64. The molecule has 0 aliphatic carbocycles. The van der Waals surface area contributed by atoms with Crippen LogP contribution in [0.3, 0.4) is 0 Å². The molecule has 2 aromatic rings. The van der Waals surface area contributed by atoms with Gasteiger partial charge >= 0.3 is 0 Å². The molecular formula is C12H10Br2OS. The molecule has 0 unspecified atom stereocenters. The van der Waals surface area contributed by atoms with Crippen molar-refractivity contribution in [3.8, 4) is 0 Å². The van der Waals surface area contributed by atoms with Crippen molar-refractivity contribution in [3.05, 3.63) is 55.1 Å². The lowest BCUT2D eigenvalue weighted by Gasteiger charge is -2.04. The van der Waals surface area contributed by atoms with E-state index in [1.807, 2.05) is 18.2 Å². The molecule has 0 saturated carbocycles. The van der Waals surface area contributed by atoms with Crippen LogP contribution in [0.25, 0.3) is 0 Å². The van der Waals surface area contributed by atoms with E-state index in [1.54, 1.807) is 11.3 Å². The SMILES string of the molecule is Brc1csc(COCc2ccccc2Br)c1. The monoisotopic (exact) mass is 360 g/mol. The first-order chi connectivity index (χ1) is 7.75. The first-order valence-corrected chi connectivity index (χ1v) is 7.26. The number of halogens is 2. The van der Waals surface area contributed by atoms with Crippen LogP contribution in [-0.4, -0.2) is 0 Å². The zero-order valence-electron chi connectivity index (χ0n) is 8.45. The maximum absolute atomic E-state index is 5.66. The number of ether oxygens (including phenoxy) is 1. The summed E-state index contributed by atoms with van der Waals surface area (Å²) in [6, 6.07) is 10.2. The Bertz CT molecular complexity index is 468. The van der Waals surface area contributed by atoms with Gasteiger partial charge in [0.05, 0.1) is 13.2 Å². The molecule has 1 nitrogen and oxygen atoms in total. The van der Waals surface area contributed by atoms with Crippen molar-refractivity contribution in [3.63, 3.8) is 0 Å². The van der Waals surface area contributed by atoms with Crippen LogP contribution in [0.5, 0.6) is 0 Å². The van der Waals surface area contributed by atoms with Crippen LogP contribution < -0.4 is 0 Å². The molecule has 0 saturated heterocycles. The van der Waals surface area contributed by atoms with Gasteiger partial charge in [0, 0.05) is 19.2 Å². The number of hydrogen-bond acceptors (Lipinski definition) is 2. The number of thiophene rings is 1. The molecule has 16 heavy (non-hydrogen) atoms. The zero-order valence-corrected chi connectivity index (χ0v) is 12.4. The van der Waals surface area contributed by atoms with E-state index in [0.29, 0.717) is 13.2 Å². The second-order valence-corrected chi connectivity index (χ2v) is 6.08. The first kappa shape index (κ1) is 12.3. The molecule has 0 atom stereocenters. The Morgan fingerprint density at radius 2 is 1.94 bits per heavy atom. The van der Waals surface area contributed by atoms with Gasteiger partial charge in [-0.3, -0.25) is 0 Å². The van der Waals surface area contributed by atoms with Gasteiger partial charge in [0.2, 0.25) is 0 Å². The van der Waals surface area contributed by atoms with E-state index in [2.05, 4.69) is 49.4 Å². The topological polar surface area (TPSA) is 9.23 Å². The van der Waals surface area contributed by atoms with Gasteiger partial charge in [-0.25, -0.2) is 0 Å².